The Hall–Kier alpha value is -4.08. The molecule has 1 aliphatic carbocycles. The monoisotopic (exact) mass is 546 g/mol. The summed E-state index contributed by atoms with van der Waals surface area (Å²) in [5.41, 5.74) is 7.17. The molecule has 202 valence electrons. The van der Waals surface area contributed by atoms with Crippen molar-refractivity contribution in [3.8, 4) is 17.3 Å². The number of primary amides is 1. The summed E-state index contributed by atoms with van der Waals surface area (Å²) in [6.45, 7) is 4.42. The molecule has 5 rings (SSSR count). The van der Waals surface area contributed by atoms with Crippen molar-refractivity contribution in [2.45, 2.75) is 42.9 Å². The maximum absolute atomic E-state index is 13.2. The molecule has 39 heavy (non-hydrogen) atoms. The normalized spacial score (nSPS) is 18.1. The van der Waals surface area contributed by atoms with Crippen LogP contribution in [0, 0.1) is 17.2 Å². The molecule has 0 bridgehead atoms. The fourth-order valence-electron chi connectivity index (χ4n) is 5.09. The zero-order chi connectivity index (χ0) is 27.6. The first kappa shape index (κ1) is 26.5. The van der Waals surface area contributed by atoms with Crippen LogP contribution in [0.4, 0.5) is 11.6 Å². The van der Waals surface area contributed by atoms with Crippen LogP contribution in [-0.4, -0.2) is 56.7 Å². The molecular formula is C27H30N8O3S. The van der Waals surface area contributed by atoms with E-state index in [1.165, 1.54) is 0 Å². The number of carbonyl (C=O) groups is 1. The second-order valence-corrected chi connectivity index (χ2v) is 12.1. The first-order chi connectivity index (χ1) is 18.8. The van der Waals surface area contributed by atoms with Crippen LogP contribution in [0.15, 0.2) is 61.6 Å². The molecule has 2 aliphatic rings. The molecule has 1 saturated carbocycles. The standard InChI is InChI=1S/C27H30N8O3S/c1-2-24(19-3-4-19)39(37,38)34-15-11-27(10-13-28,12-16-34)35-18-21(17-31-35)23-9-14-30-26(33-23)32-22-7-5-20(6-8-22)25(29)36/h2,5-9,14,17-19,24H,1,3-4,10-12,15-16H2,(H2,29,36)(H,30,32,33). The smallest absolute Gasteiger partial charge is 0.248 e. The average Bonchev–Trinajstić information content (AvgIpc) is 3.62. The van der Waals surface area contributed by atoms with Gasteiger partial charge in [-0.05, 0) is 61.9 Å². The van der Waals surface area contributed by atoms with Gasteiger partial charge in [0.15, 0.2) is 0 Å². The van der Waals surface area contributed by atoms with Gasteiger partial charge < -0.3 is 11.1 Å². The number of rotatable bonds is 10. The molecular weight excluding hydrogens is 516 g/mol. The highest BCUT2D eigenvalue weighted by Gasteiger charge is 2.45. The van der Waals surface area contributed by atoms with E-state index in [-0.39, 0.29) is 12.3 Å². The van der Waals surface area contributed by atoms with E-state index in [0.717, 1.165) is 18.4 Å². The first-order valence-electron chi connectivity index (χ1n) is 12.8. The quantitative estimate of drug-likeness (QED) is 0.367. The van der Waals surface area contributed by atoms with Crippen LogP contribution in [0.3, 0.4) is 0 Å². The van der Waals surface area contributed by atoms with Gasteiger partial charge in [-0.25, -0.2) is 22.7 Å². The summed E-state index contributed by atoms with van der Waals surface area (Å²) in [6, 6.07) is 10.7. The molecule has 0 radical (unpaired) electrons. The van der Waals surface area contributed by atoms with E-state index < -0.39 is 26.7 Å². The lowest BCUT2D eigenvalue weighted by atomic mass is 9.85. The van der Waals surface area contributed by atoms with Crippen molar-refractivity contribution in [1.29, 1.82) is 5.26 Å². The van der Waals surface area contributed by atoms with Crippen molar-refractivity contribution in [2.75, 3.05) is 18.4 Å². The third-order valence-electron chi connectivity index (χ3n) is 7.53. The highest BCUT2D eigenvalue weighted by molar-refractivity contribution is 7.89. The predicted molar refractivity (Wildman–Crippen MR) is 146 cm³/mol. The topological polar surface area (TPSA) is 160 Å². The number of hydrogen-bond donors (Lipinski definition) is 2. The van der Waals surface area contributed by atoms with Gasteiger partial charge in [-0.15, -0.1) is 6.58 Å². The first-order valence-corrected chi connectivity index (χ1v) is 14.3. The van der Waals surface area contributed by atoms with E-state index in [1.807, 2.05) is 6.20 Å². The summed E-state index contributed by atoms with van der Waals surface area (Å²) in [7, 11) is -3.48. The molecule has 11 nitrogen and oxygen atoms in total. The number of anilines is 2. The Morgan fingerprint density at radius 1 is 1.26 bits per heavy atom. The summed E-state index contributed by atoms with van der Waals surface area (Å²) in [5, 5.41) is 16.8. The summed E-state index contributed by atoms with van der Waals surface area (Å²) < 4.78 is 29.8. The van der Waals surface area contributed by atoms with Crippen molar-refractivity contribution < 1.29 is 13.2 Å². The number of nitrogens with zero attached hydrogens (tertiary/aromatic N) is 6. The minimum atomic E-state index is -3.48. The molecule has 1 aromatic carbocycles. The average molecular weight is 547 g/mol. The lowest BCUT2D eigenvalue weighted by Crippen LogP contribution is -2.50. The van der Waals surface area contributed by atoms with Crippen molar-refractivity contribution >= 4 is 27.6 Å². The van der Waals surface area contributed by atoms with Crippen LogP contribution in [-0.2, 0) is 15.6 Å². The van der Waals surface area contributed by atoms with Crippen molar-refractivity contribution in [2.24, 2.45) is 11.7 Å². The highest BCUT2D eigenvalue weighted by Crippen LogP contribution is 2.40. The Balaban J connectivity index is 1.32. The summed E-state index contributed by atoms with van der Waals surface area (Å²) in [5.74, 6) is 0.0240. The zero-order valence-electron chi connectivity index (χ0n) is 21.4. The lowest BCUT2D eigenvalue weighted by molar-refractivity contribution is 0.1000. The van der Waals surface area contributed by atoms with Crippen molar-refractivity contribution in [3.05, 3.63) is 67.1 Å². The van der Waals surface area contributed by atoms with Gasteiger partial charge in [0.05, 0.1) is 35.2 Å². The van der Waals surface area contributed by atoms with Crippen LogP contribution in [0.2, 0.25) is 0 Å². The number of nitrogens with one attached hydrogen (secondary N) is 1. The SMILES string of the molecule is C=CC(C1CC1)S(=O)(=O)N1CCC(CC#N)(n2cc(-c3ccnc(Nc4ccc(C(N)=O)cc4)n3)cn2)CC1. The molecule has 1 aliphatic heterocycles. The molecule has 1 amide bonds. The van der Waals surface area contributed by atoms with E-state index in [4.69, 9.17) is 5.73 Å². The summed E-state index contributed by atoms with van der Waals surface area (Å²) in [4.78, 5) is 20.2. The molecule has 3 aromatic rings. The third kappa shape index (κ3) is 5.41. The molecule has 1 atom stereocenters. The molecule has 2 aromatic heterocycles. The van der Waals surface area contributed by atoms with E-state index in [9.17, 15) is 18.5 Å². The van der Waals surface area contributed by atoms with Gasteiger partial charge in [0.25, 0.3) is 0 Å². The van der Waals surface area contributed by atoms with Crippen LogP contribution in [0.1, 0.15) is 42.5 Å². The highest BCUT2D eigenvalue weighted by atomic mass is 32.2. The van der Waals surface area contributed by atoms with Crippen LogP contribution < -0.4 is 11.1 Å². The van der Waals surface area contributed by atoms with E-state index in [0.29, 0.717) is 48.8 Å². The predicted octanol–water partition coefficient (Wildman–Crippen LogP) is 3.18. The summed E-state index contributed by atoms with van der Waals surface area (Å²) >= 11 is 0. The number of piperidine rings is 1. The molecule has 3 heterocycles. The van der Waals surface area contributed by atoms with E-state index in [1.54, 1.807) is 57.8 Å². The number of amides is 1. The van der Waals surface area contributed by atoms with E-state index >= 15 is 0 Å². The van der Waals surface area contributed by atoms with Crippen LogP contribution >= 0.6 is 0 Å². The molecule has 1 unspecified atom stereocenters. The fourth-order valence-corrected chi connectivity index (χ4v) is 7.12. The number of hydrogen-bond acceptors (Lipinski definition) is 8. The molecule has 12 heteroatoms. The Morgan fingerprint density at radius 3 is 2.59 bits per heavy atom. The van der Waals surface area contributed by atoms with Gasteiger partial charge in [-0.1, -0.05) is 6.08 Å². The minimum Gasteiger partial charge on any atom is -0.366 e. The number of carbonyl (C=O) groups excluding carboxylic acids is 1. The number of nitrogens with two attached hydrogens (primary N) is 1. The van der Waals surface area contributed by atoms with E-state index in [2.05, 4.69) is 33.0 Å². The Morgan fingerprint density at radius 2 is 1.97 bits per heavy atom. The van der Waals surface area contributed by atoms with Crippen LogP contribution in [0.5, 0.6) is 0 Å². The Kier molecular flexibility index (Phi) is 7.20. The van der Waals surface area contributed by atoms with Gasteiger partial charge in [0.1, 0.15) is 0 Å². The third-order valence-corrected chi connectivity index (χ3v) is 9.88. The zero-order valence-corrected chi connectivity index (χ0v) is 22.2. The van der Waals surface area contributed by atoms with Crippen molar-refractivity contribution in [1.82, 2.24) is 24.1 Å². The van der Waals surface area contributed by atoms with Gasteiger partial charge >= 0.3 is 0 Å². The van der Waals surface area contributed by atoms with Gasteiger partial charge in [0.2, 0.25) is 21.9 Å². The Labute approximate surface area is 227 Å². The molecule has 1 saturated heterocycles. The second-order valence-electron chi connectivity index (χ2n) is 10.0. The number of benzene rings is 1. The number of nitriles is 1. The number of sulfonamides is 1. The Bertz CT molecular complexity index is 1510. The lowest BCUT2D eigenvalue weighted by Gasteiger charge is -2.41. The molecule has 3 N–H and O–H groups in total. The summed E-state index contributed by atoms with van der Waals surface area (Å²) in [6.07, 6.45) is 9.74. The van der Waals surface area contributed by atoms with Gasteiger partial charge in [-0.2, -0.15) is 10.4 Å². The maximum Gasteiger partial charge on any atom is 0.248 e. The number of aromatic nitrogens is 4. The largest absolute Gasteiger partial charge is 0.366 e. The molecule has 2 fully saturated rings. The maximum atomic E-state index is 13.2. The fraction of sp³-hybridized carbons (Fsp3) is 0.370. The minimum absolute atomic E-state index is 0.161. The van der Waals surface area contributed by atoms with Gasteiger partial charge in [-0.3, -0.25) is 9.48 Å². The van der Waals surface area contributed by atoms with Crippen LogP contribution in [0.25, 0.3) is 11.3 Å². The molecule has 0 spiro atoms. The second kappa shape index (κ2) is 10.6. The van der Waals surface area contributed by atoms with Gasteiger partial charge in [0, 0.05) is 42.3 Å². The van der Waals surface area contributed by atoms with Crippen molar-refractivity contribution in [3.63, 3.8) is 0 Å².